The lowest BCUT2D eigenvalue weighted by molar-refractivity contribution is -0.136. The lowest BCUT2D eigenvalue weighted by atomic mass is 10.2. The number of aliphatic carboxylic acids is 1. The van der Waals surface area contributed by atoms with Crippen molar-refractivity contribution in [3.05, 3.63) is 29.8 Å². The van der Waals surface area contributed by atoms with Gasteiger partial charge in [0.15, 0.2) is 5.13 Å². The van der Waals surface area contributed by atoms with Crippen LogP contribution in [0, 0.1) is 0 Å². The Labute approximate surface area is 108 Å². The van der Waals surface area contributed by atoms with E-state index in [-0.39, 0.29) is 6.42 Å². The molecule has 2 rings (SSSR count). The van der Waals surface area contributed by atoms with Crippen LogP contribution in [0.3, 0.4) is 0 Å². The number of hydrogen-bond acceptors (Lipinski definition) is 5. The van der Waals surface area contributed by atoms with Crippen LogP contribution in [0.15, 0.2) is 24.1 Å². The highest BCUT2D eigenvalue weighted by molar-refractivity contribution is 7.13. The van der Waals surface area contributed by atoms with Crippen LogP contribution < -0.4 is 5.32 Å². The molecule has 6 nitrogen and oxygen atoms in total. The maximum Gasteiger partial charge on any atom is 0.303 e. The number of aromatic nitrogens is 3. The molecule has 0 radical (unpaired) electrons. The number of carboxylic acids is 1. The van der Waals surface area contributed by atoms with Gasteiger partial charge in [-0.1, -0.05) is 0 Å². The molecule has 2 heterocycles. The van der Waals surface area contributed by atoms with E-state index in [0.29, 0.717) is 6.42 Å². The van der Waals surface area contributed by atoms with Crippen LogP contribution in [0.25, 0.3) is 0 Å². The standard InChI is InChI=1S/C11H14N4O2S/c16-10(17)2-1-9-7-18-11(14-9)13-4-6-15-5-3-12-8-15/h3,5,7-8H,1-2,4,6H2,(H,13,14)(H,16,17). The van der Waals surface area contributed by atoms with Gasteiger partial charge in [0.1, 0.15) is 0 Å². The van der Waals surface area contributed by atoms with Crippen molar-refractivity contribution in [1.29, 1.82) is 0 Å². The lowest BCUT2D eigenvalue weighted by Crippen LogP contribution is -2.09. The largest absolute Gasteiger partial charge is 0.481 e. The van der Waals surface area contributed by atoms with Gasteiger partial charge in [0.25, 0.3) is 0 Å². The van der Waals surface area contributed by atoms with E-state index >= 15 is 0 Å². The number of hydrogen-bond donors (Lipinski definition) is 2. The van der Waals surface area contributed by atoms with E-state index in [2.05, 4.69) is 15.3 Å². The van der Waals surface area contributed by atoms with E-state index in [4.69, 9.17) is 5.11 Å². The van der Waals surface area contributed by atoms with Gasteiger partial charge in [-0.2, -0.15) is 0 Å². The Balaban J connectivity index is 1.74. The zero-order valence-corrected chi connectivity index (χ0v) is 10.6. The fraction of sp³-hybridized carbons (Fsp3) is 0.364. The van der Waals surface area contributed by atoms with Gasteiger partial charge >= 0.3 is 5.97 Å². The summed E-state index contributed by atoms with van der Waals surface area (Å²) in [6, 6.07) is 0. The van der Waals surface area contributed by atoms with E-state index in [1.54, 1.807) is 12.5 Å². The summed E-state index contributed by atoms with van der Waals surface area (Å²) in [5.74, 6) is -0.794. The number of nitrogens with zero attached hydrogens (tertiary/aromatic N) is 3. The minimum atomic E-state index is -0.794. The number of imidazole rings is 1. The van der Waals surface area contributed by atoms with Gasteiger partial charge in [-0.05, 0) is 0 Å². The van der Waals surface area contributed by atoms with Crippen molar-refractivity contribution in [2.75, 3.05) is 11.9 Å². The monoisotopic (exact) mass is 266 g/mol. The molecule has 0 unspecified atom stereocenters. The van der Waals surface area contributed by atoms with Crippen LogP contribution in [0.4, 0.5) is 5.13 Å². The van der Waals surface area contributed by atoms with Crippen molar-refractivity contribution in [1.82, 2.24) is 14.5 Å². The Bertz CT molecular complexity index is 495. The summed E-state index contributed by atoms with van der Waals surface area (Å²) < 4.78 is 1.98. The second kappa shape index (κ2) is 6.15. The number of nitrogens with one attached hydrogen (secondary N) is 1. The Morgan fingerprint density at radius 3 is 3.17 bits per heavy atom. The van der Waals surface area contributed by atoms with Gasteiger partial charge in [0, 0.05) is 37.3 Å². The highest BCUT2D eigenvalue weighted by Crippen LogP contribution is 2.16. The van der Waals surface area contributed by atoms with Crippen LogP contribution in [0.5, 0.6) is 0 Å². The molecule has 0 saturated carbocycles. The molecule has 96 valence electrons. The summed E-state index contributed by atoms with van der Waals surface area (Å²) in [5, 5.41) is 14.5. The Hall–Kier alpha value is -1.89. The summed E-state index contributed by atoms with van der Waals surface area (Å²) in [5.41, 5.74) is 0.826. The highest BCUT2D eigenvalue weighted by atomic mass is 32.1. The molecule has 0 aliphatic heterocycles. The molecule has 0 saturated heterocycles. The van der Waals surface area contributed by atoms with Crippen LogP contribution in [-0.2, 0) is 17.8 Å². The van der Waals surface area contributed by atoms with Crippen LogP contribution >= 0.6 is 11.3 Å². The van der Waals surface area contributed by atoms with E-state index < -0.39 is 5.97 Å². The maximum absolute atomic E-state index is 10.4. The quantitative estimate of drug-likeness (QED) is 0.793. The fourth-order valence-corrected chi connectivity index (χ4v) is 2.22. The smallest absolute Gasteiger partial charge is 0.303 e. The number of rotatable bonds is 7. The summed E-state index contributed by atoms with van der Waals surface area (Å²) in [7, 11) is 0. The number of thiazole rings is 1. The number of anilines is 1. The number of aryl methyl sites for hydroxylation is 1. The lowest BCUT2D eigenvalue weighted by Gasteiger charge is -2.02. The zero-order chi connectivity index (χ0) is 12.8. The van der Waals surface area contributed by atoms with Crippen molar-refractivity contribution in [3.8, 4) is 0 Å². The van der Waals surface area contributed by atoms with E-state index in [1.165, 1.54) is 11.3 Å². The van der Waals surface area contributed by atoms with E-state index in [9.17, 15) is 4.79 Å². The molecule has 0 amide bonds. The molecule has 2 aromatic heterocycles. The van der Waals surface area contributed by atoms with Gasteiger partial charge < -0.3 is 15.0 Å². The SMILES string of the molecule is O=C(O)CCc1csc(NCCn2ccnc2)n1. The first-order valence-corrected chi connectivity index (χ1v) is 6.48. The third kappa shape index (κ3) is 3.85. The predicted octanol–water partition coefficient (Wildman–Crippen LogP) is 1.47. The van der Waals surface area contributed by atoms with Crippen LogP contribution in [0.1, 0.15) is 12.1 Å². The van der Waals surface area contributed by atoms with E-state index in [0.717, 1.165) is 23.9 Å². The van der Waals surface area contributed by atoms with Crippen molar-refractivity contribution in [2.24, 2.45) is 0 Å². The van der Waals surface area contributed by atoms with Gasteiger partial charge in [0.05, 0.1) is 18.4 Å². The zero-order valence-electron chi connectivity index (χ0n) is 9.74. The third-order valence-corrected chi connectivity index (χ3v) is 3.20. The van der Waals surface area contributed by atoms with Crippen LogP contribution in [0.2, 0.25) is 0 Å². The average Bonchev–Trinajstić information content (AvgIpc) is 2.97. The van der Waals surface area contributed by atoms with Crippen LogP contribution in [-0.4, -0.2) is 32.2 Å². The Morgan fingerprint density at radius 2 is 2.44 bits per heavy atom. The summed E-state index contributed by atoms with van der Waals surface area (Å²) in [4.78, 5) is 18.7. The normalized spacial score (nSPS) is 10.4. The molecule has 18 heavy (non-hydrogen) atoms. The molecule has 0 fully saturated rings. The van der Waals surface area contributed by atoms with E-state index in [1.807, 2.05) is 16.1 Å². The molecule has 2 aromatic rings. The van der Waals surface area contributed by atoms with Gasteiger partial charge in [-0.15, -0.1) is 11.3 Å². The topological polar surface area (TPSA) is 80.0 Å². The molecular formula is C11H14N4O2S. The molecule has 7 heteroatoms. The van der Waals surface area contributed by atoms with Crippen molar-refractivity contribution in [3.63, 3.8) is 0 Å². The summed E-state index contributed by atoms with van der Waals surface area (Å²) in [6.45, 7) is 1.59. The molecule has 0 aliphatic carbocycles. The highest BCUT2D eigenvalue weighted by Gasteiger charge is 2.04. The number of carbonyl (C=O) groups is 1. The minimum absolute atomic E-state index is 0.123. The minimum Gasteiger partial charge on any atom is -0.481 e. The van der Waals surface area contributed by atoms with Gasteiger partial charge in [-0.3, -0.25) is 4.79 Å². The molecule has 0 bridgehead atoms. The molecule has 0 aromatic carbocycles. The Morgan fingerprint density at radius 1 is 1.56 bits per heavy atom. The van der Waals surface area contributed by atoms with Gasteiger partial charge in [-0.25, -0.2) is 9.97 Å². The number of carboxylic acid groups (broad SMARTS) is 1. The fourth-order valence-electron chi connectivity index (χ4n) is 1.45. The second-order valence-electron chi connectivity index (χ2n) is 3.77. The molecule has 0 aliphatic rings. The van der Waals surface area contributed by atoms with Crippen molar-refractivity contribution < 1.29 is 9.90 Å². The predicted molar refractivity (Wildman–Crippen MR) is 68.8 cm³/mol. The molecular weight excluding hydrogens is 252 g/mol. The summed E-state index contributed by atoms with van der Waals surface area (Å²) >= 11 is 1.50. The first-order valence-electron chi connectivity index (χ1n) is 5.60. The first-order chi connectivity index (χ1) is 8.74. The summed E-state index contributed by atoms with van der Waals surface area (Å²) in [6.07, 6.45) is 6.02. The molecule has 0 spiro atoms. The first kappa shape index (κ1) is 12.6. The van der Waals surface area contributed by atoms with Crippen molar-refractivity contribution >= 4 is 22.4 Å². The second-order valence-corrected chi connectivity index (χ2v) is 4.62. The van der Waals surface area contributed by atoms with Crippen molar-refractivity contribution in [2.45, 2.75) is 19.4 Å². The van der Waals surface area contributed by atoms with Gasteiger partial charge in [0.2, 0.25) is 0 Å². The molecule has 2 N–H and O–H groups in total. The molecule has 0 atom stereocenters. The average molecular weight is 266 g/mol. The maximum atomic E-state index is 10.4. The third-order valence-electron chi connectivity index (χ3n) is 2.35. The Kier molecular flexibility index (Phi) is 4.30.